The SMILES string of the molecule is CCCNC(CCC)Cc1c(C)cccc1[N+](=O)[O-]. The Morgan fingerprint density at radius 1 is 1.32 bits per heavy atom. The molecule has 0 fully saturated rings. The Morgan fingerprint density at radius 3 is 2.63 bits per heavy atom. The monoisotopic (exact) mass is 264 g/mol. The fraction of sp³-hybridized carbons (Fsp3) is 0.600. The fourth-order valence-corrected chi connectivity index (χ4v) is 2.34. The molecule has 0 amide bonds. The fourth-order valence-electron chi connectivity index (χ4n) is 2.34. The third-order valence-corrected chi connectivity index (χ3v) is 3.35. The molecule has 19 heavy (non-hydrogen) atoms. The van der Waals surface area contributed by atoms with E-state index in [9.17, 15) is 10.1 Å². The van der Waals surface area contributed by atoms with E-state index in [2.05, 4.69) is 19.2 Å². The standard InChI is InChI=1S/C15H24N2O2/c1-4-7-13(16-10-5-2)11-14-12(3)8-6-9-15(14)17(18)19/h6,8-9,13,16H,4-5,7,10-11H2,1-3H3. The number of hydrogen-bond acceptors (Lipinski definition) is 3. The van der Waals surface area contributed by atoms with E-state index in [1.165, 1.54) is 0 Å². The van der Waals surface area contributed by atoms with Gasteiger partial charge in [0.1, 0.15) is 0 Å². The van der Waals surface area contributed by atoms with Crippen LogP contribution in [0.25, 0.3) is 0 Å². The maximum absolute atomic E-state index is 11.1. The predicted molar refractivity (Wildman–Crippen MR) is 78.5 cm³/mol. The van der Waals surface area contributed by atoms with Crippen molar-refractivity contribution in [3.05, 3.63) is 39.4 Å². The van der Waals surface area contributed by atoms with Gasteiger partial charge < -0.3 is 5.32 Å². The summed E-state index contributed by atoms with van der Waals surface area (Å²) in [6, 6.07) is 5.63. The first kappa shape index (κ1) is 15.6. The summed E-state index contributed by atoms with van der Waals surface area (Å²) in [7, 11) is 0. The predicted octanol–water partition coefficient (Wildman–Crippen LogP) is 3.61. The van der Waals surface area contributed by atoms with E-state index in [0.29, 0.717) is 6.04 Å². The molecule has 0 heterocycles. The highest BCUT2D eigenvalue weighted by molar-refractivity contribution is 5.45. The van der Waals surface area contributed by atoms with Crippen LogP contribution in [-0.2, 0) is 6.42 Å². The number of hydrogen-bond donors (Lipinski definition) is 1. The van der Waals surface area contributed by atoms with Crippen molar-refractivity contribution in [2.24, 2.45) is 0 Å². The second kappa shape index (κ2) is 7.89. The summed E-state index contributed by atoms with van der Waals surface area (Å²) in [5.74, 6) is 0. The molecule has 0 aliphatic rings. The molecule has 1 aromatic carbocycles. The molecule has 0 aliphatic carbocycles. The number of nitrogens with one attached hydrogen (secondary N) is 1. The first-order chi connectivity index (χ1) is 9.10. The Labute approximate surface area is 115 Å². The van der Waals surface area contributed by atoms with Gasteiger partial charge in [-0.2, -0.15) is 0 Å². The maximum Gasteiger partial charge on any atom is 0.272 e. The quantitative estimate of drug-likeness (QED) is 0.576. The zero-order valence-corrected chi connectivity index (χ0v) is 12.1. The number of nitro groups is 1. The van der Waals surface area contributed by atoms with Gasteiger partial charge in [-0.25, -0.2) is 0 Å². The van der Waals surface area contributed by atoms with Crippen molar-refractivity contribution in [2.75, 3.05) is 6.54 Å². The van der Waals surface area contributed by atoms with Crippen LogP contribution in [0.2, 0.25) is 0 Å². The molecule has 0 bridgehead atoms. The lowest BCUT2D eigenvalue weighted by Gasteiger charge is -2.19. The Bertz CT molecular complexity index is 419. The van der Waals surface area contributed by atoms with E-state index in [0.717, 1.165) is 43.4 Å². The van der Waals surface area contributed by atoms with E-state index in [-0.39, 0.29) is 10.6 Å². The summed E-state index contributed by atoms with van der Waals surface area (Å²) in [6.07, 6.45) is 3.94. The van der Waals surface area contributed by atoms with Crippen LogP contribution in [-0.4, -0.2) is 17.5 Å². The average Bonchev–Trinajstić information content (AvgIpc) is 2.38. The minimum atomic E-state index is -0.273. The molecule has 0 radical (unpaired) electrons. The second-order valence-corrected chi connectivity index (χ2v) is 4.97. The smallest absolute Gasteiger partial charge is 0.272 e. The van der Waals surface area contributed by atoms with Gasteiger partial charge in [0.25, 0.3) is 5.69 Å². The van der Waals surface area contributed by atoms with Gasteiger partial charge in [0.15, 0.2) is 0 Å². The van der Waals surface area contributed by atoms with Gasteiger partial charge in [-0.3, -0.25) is 10.1 Å². The lowest BCUT2D eigenvalue weighted by Crippen LogP contribution is -2.32. The van der Waals surface area contributed by atoms with Crippen molar-refractivity contribution in [2.45, 2.75) is 52.5 Å². The van der Waals surface area contributed by atoms with Gasteiger partial charge in [0.05, 0.1) is 4.92 Å². The highest BCUT2D eigenvalue weighted by Gasteiger charge is 2.18. The molecule has 0 spiro atoms. The summed E-state index contributed by atoms with van der Waals surface area (Å²) in [4.78, 5) is 10.8. The molecule has 1 unspecified atom stereocenters. The lowest BCUT2D eigenvalue weighted by molar-refractivity contribution is -0.385. The first-order valence-corrected chi connectivity index (χ1v) is 7.06. The molecule has 1 atom stereocenters. The largest absolute Gasteiger partial charge is 0.314 e. The van der Waals surface area contributed by atoms with Crippen LogP contribution in [0, 0.1) is 17.0 Å². The van der Waals surface area contributed by atoms with Gasteiger partial charge in [-0.05, 0) is 38.3 Å². The molecular weight excluding hydrogens is 240 g/mol. The van der Waals surface area contributed by atoms with E-state index in [4.69, 9.17) is 0 Å². The van der Waals surface area contributed by atoms with Crippen LogP contribution >= 0.6 is 0 Å². The topological polar surface area (TPSA) is 55.2 Å². The van der Waals surface area contributed by atoms with E-state index in [1.54, 1.807) is 12.1 Å². The number of nitro benzene ring substituents is 1. The number of rotatable bonds is 8. The summed E-state index contributed by atoms with van der Waals surface area (Å²) in [5.41, 5.74) is 2.13. The summed E-state index contributed by atoms with van der Waals surface area (Å²) < 4.78 is 0. The van der Waals surface area contributed by atoms with Crippen molar-refractivity contribution < 1.29 is 4.92 Å². The van der Waals surface area contributed by atoms with Gasteiger partial charge >= 0.3 is 0 Å². The number of nitrogens with zero attached hydrogens (tertiary/aromatic N) is 1. The highest BCUT2D eigenvalue weighted by atomic mass is 16.6. The van der Waals surface area contributed by atoms with Crippen molar-refractivity contribution in [1.82, 2.24) is 5.32 Å². The molecule has 0 aromatic heterocycles. The number of aryl methyl sites for hydroxylation is 1. The molecule has 1 aromatic rings. The molecule has 4 nitrogen and oxygen atoms in total. The van der Waals surface area contributed by atoms with Crippen LogP contribution in [0.4, 0.5) is 5.69 Å². The minimum Gasteiger partial charge on any atom is -0.314 e. The third kappa shape index (κ3) is 4.63. The lowest BCUT2D eigenvalue weighted by atomic mass is 9.96. The van der Waals surface area contributed by atoms with E-state index in [1.807, 2.05) is 13.0 Å². The van der Waals surface area contributed by atoms with Crippen LogP contribution in [0.1, 0.15) is 44.2 Å². The Morgan fingerprint density at radius 2 is 2.05 bits per heavy atom. The highest BCUT2D eigenvalue weighted by Crippen LogP contribution is 2.24. The first-order valence-electron chi connectivity index (χ1n) is 7.06. The molecule has 1 rings (SSSR count). The molecule has 0 saturated heterocycles. The van der Waals surface area contributed by atoms with E-state index < -0.39 is 0 Å². The second-order valence-electron chi connectivity index (χ2n) is 4.97. The van der Waals surface area contributed by atoms with Crippen molar-refractivity contribution in [3.8, 4) is 0 Å². The van der Waals surface area contributed by atoms with Crippen LogP contribution in [0.5, 0.6) is 0 Å². The summed E-state index contributed by atoms with van der Waals surface area (Å²) in [5, 5.41) is 14.6. The van der Waals surface area contributed by atoms with Crippen molar-refractivity contribution >= 4 is 5.69 Å². The van der Waals surface area contributed by atoms with Gasteiger partial charge in [0, 0.05) is 17.7 Å². The van der Waals surface area contributed by atoms with E-state index >= 15 is 0 Å². The minimum absolute atomic E-state index is 0.249. The molecular formula is C15H24N2O2. The maximum atomic E-state index is 11.1. The number of benzene rings is 1. The molecule has 106 valence electrons. The normalized spacial score (nSPS) is 12.4. The van der Waals surface area contributed by atoms with Gasteiger partial charge in [-0.15, -0.1) is 0 Å². The summed E-state index contributed by atoms with van der Waals surface area (Å²) >= 11 is 0. The van der Waals surface area contributed by atoms with Crippen LogP contribution in [0.3, 0.4) is 0 Å². The van der Waals surface area contributed by atoms with Crippen LogP contribution < -0.4 is 5.32 Å². The van der Waals surface area contributed by atoms with Crippen LogP contribution in [0.15, 0.2) is 18.2 Å². The molecule has 0 saturated carbocycles. The Balaban J connectivity index is 2.91. The zero-order valence-electron chi connectivity index (χ0n) is 12.1. The molecule has 1 N–H and O–H groups in total. The average molecular weight is 264 g/mol. The van der Waals surface area contributed by atoms with Gasteiger partial charge in [0.2, 0.25) is 0 Å². The molecule has 0 aliphatic heterocycles. The third-order valence-electron chi connectivity index (χ3n) is 3.35. The molecule has 4 heteroatoms. The zero-order chi connectivity index (χ0) is 14.3. The van der Waals surface area contributed by atoms with Gasteiger partial charge in [-0.1, -0.05) is 32.4 Å². The summed E-state index contributed by atoms with van der Waals surface area (Å²) in [6.45, 7) is 7.19. The van der Waals surface area contributed by atoms with Crippen molar-refractivity contribution in [1.29, 1.82) is 0 Å². The Kier molecular flexibility index (Phi) is 6.50. The Hall–Kier alpha value is -1.42. The van der Waals surface area contributed by atoms with Crippen molar-refractivity contribution in [3.63, 3.8) is 0 Å².